The lowest BCUT2D eigenvalue weighted by Crippen LogP contribution is -2.22. The second kappa shape index (κ2) is 9.05. The van der Waals surface area contributed by atoms with Crippen LogP contribution in [0.15, 0.2) is 5.11 Å². The highest BCUT2D eigenvalue weighted by Gasteiger charge is 2.12. The molecule has 5 heteroatoms. The van der Waals surface area contributed by atoms with Crippen molar-refractivity contribution in [1.82, 2.24) is 0 Å². The largest absolute Gasteiger partial charge is 0.353 e. The van der Waals surface area contributed by atoms with Gasteiger partial charge in [0, 0.05) is 24.5 Å². The highest BCUT2D eigenvalue weighted by Crippen LogP contribution is 2.12. The van der Waals surface area contributed by atoms with E-state index in [0.29, 0.717) is 13.2 Å². The Bertz CT molecular complexity index is 283. The smallest absolute Gasteiger partial charge is 0.158 e. The number of azide groups is 1. The number of ether oxygens (including phenoxy) is 2. The van der Waals surface area contributed by atoms with Gasteiger partial charge in [-0.3, -0.25) is 0 Å². The van der Waals surface area contributed by atoms with Gasteiger partial charge in [-0.15, -0.1) is 5.92 Å². The molecule has 0 aromatic carbocycles. The van der Waals surface area contributed by atoms with Crippen LogP contribution in [0.25, 0.3) is 10.4 Å². The van der Waals surface area contributed by atoms with Gasteiger partial charge in [-0.05, 0) is 31.2 Å². The zero-order chi connectivity index (χ0) is 11.5. The van der Waals surface area contributed by atoms with Crippen molar-refractivity contribution in [3.8, 4) is 11.8 Å². The van der Waals surface area contributed by atoms with Crippen molar-refractivity contribution < 1.29 is 9.47 Å². The van der Waals surface area contributed by atoms with Crippen molar-refractivity contribution in [2.24, 2.45) is 5.11 Å². The molecule has 0 bridgehead atoms. The van der Waals surface area contributed by atoms with Crippen molar-refractivity contribution in [2.45, 2.75) is 38.4 Å². The van der Waals surface area contributed by atoms with E-state index in [1.54, 1.807) is 0 Å². The van der Waals surface area contributed by atoms with Gasteiger partial charge in [0.15, 0.2) is 6.29 Å². The second-order valence-electron chi connectivity index (χ2n) is 3.52. The number of hydrogen-bond donors (Lipinski definition) is 0. The fourth-order valence-corrected chi connectivity index (χ4v) is 1.40. The summed E-state index contributed by atoms with van der Waals surface area (Å²) in [6.45, 7) is 1.73. The van der Waals surface area contributed by atoms with Crippen LogP contribution >= 0.6 is 0 Å². The summed E-state index contributed by atoms with van der Waals surface area (Å²) >= 11 is 0. The van der Waals surface area contributed by atoms with E-state index < -0.39 is 0 Å². The highest BCUT2D eigenvalue weighted by atomic mass is 16.7. The van der Waals surface area contributed by atoms with Gasteiger partial charge in [-0.2, -0.15) is 0 Å². The van der Waals surface area contributed by atoms with Gasteiger partial charge in [-0.1, -0.05) is 11.0 Å². The molecular weight excluding hydrogens is 206 g/mol. The van der Waals surface area contributed by atoms with E-state index in [-0.39, 0.29) is 6.29 Å². The molecule has 5 nitrogen and oxygen atoms in total. The lowest BCUT2D eigenvalue weighted by atomic mass is 10.2. The lowest BCUT2D eigenvalue weighted by Gasteiger charge is -2.21. The maximum atomic E-state index is 8.04. The van der Waals surface area contributed by atoms with Crippen molar-refractivity contribution in [3.63, 3.8) is 0 Å². The summed E-state index contributed by atoms with van der Waals surface area (Å²) in [5.41, 5.74) is 8.04. The minimum atomic E-state index is -0.0637. The van der Waals surface area contributed by atoms with Crippen LogP contribution < -0.4 is 0 Å². The second-order valence-corrected chi connectivity index (χ2v) is 3.52. The third-order valence-electron chi connectivity index (χ3n) is 2.23. The van der Waals surface area contributed by atoms with E-state index in [4.69, 9.17) is 15.0 Å². The normalized spacial score (nSPS) is 19.4. The van der Waals surface area contributed by atoms with Crippen LogP contribution in [0.3, 0.4) is 0 Å². The van der Waals surface area contributed by atoms with Crippen LogP contribution in [0.1, 0.15) is 32.1 Å². The molecule has 1 heterocycles. The summed E-state index contributed by atoms with van der Waals surface area (Å²) in [7, 11) is 0. The number of hydrogen-bond acceptors (Lipinski definition) is 3. The summed E-state index contributed by atoms with van der Waals surface area (Å²) < 4.78 is 10.8. The first-order valence-corrected chi connectivity index (χ1v) is 5.63. The molecule has 0 N–H and O–H groups in total. The molecule has 1 rings (SSSR count). The maximum absolute atomic E-state index is 8.04. The third kappa shape index (κ3) is 6.31. The Morgan fingerprint density at radius 2 is 2.38 bits per heavy atom. The first kappa shape index (κ1) is 12.9. The van der Waals surface area contributed by atoms with Gasteiger partial charge >= 0.3 is 0 Å². The van der Waals surface area contributed by atoms with E-state index in [2.05, 4.69) is 21.9 Å². The molecule has 0 aliphatic carbocycles. The van der Waals surface area contributed by atoms with Gasteiger partial charge in [0.2, 0.25) is 0 Å². The lowest BCUT2D eigenvalue weighted by molar-refractivity contribution is -0.154. The number of rotatable bonds is 5. The predicted octanol–water partition coefficient (Wildman–Crippen LogP) is 2.62. The van der Waals surface area contributed by atoms with Gasteiger partial charge in [-0.25, -0.2) is 0 Å². The molecule has 0 saturated carbocycles. The van der Waals surface area contributed by atoms with Crippen molar-refractivity contribution >= 4 is 0 Å². The van der Waals surface area contributed by atoms with Crippen molar-refractivity contribution in [2.75, 3.05) is 19.8 Å². The molecule has 1 aliphatic rings. The van der Waals surface area contributed by atoms with Crippen LogP contribution in [-0.4, -0.2) is 26.0 Å². The van der Waals surface area contributed by atoms with Gasteiger partial charge < -0.3 is 9.47 Å². The minimum absolute atomic E-state index is 0.0637. The Kier molecular flexibility index (Phi) is 7.27. The van der Waals surface area contributed by atoms with E-state index in [1.807, 2.05) is 0 Å². The van der Waals surface area contributed by atoms with Crippen LogP contribution in [0.5, 0.6) is 0 Å². The van der Waals surface area contributed by atoms with E-state index >= 15 is 0 Å². The SMILES string of the molecule is [N-]=[N+]=NCCCC#CCOC1CCCCO1. The Balaban J connectivity index is 1.96. The van der Waals surface area contributed by atoms with Gasteiger partial charge in [0.25, 0.3) is 0 Å². The topological polar surface area (TPSA) is 67.2 Å². The predicted molar refractivity (Wildman–Crippen MR) is 60.6 cm³/mol. The first-order valence-electron chi connectivity index (χ1n) is 5.63. The van der Waals surface area contributed by atoms with Crippen molar-refractivity contribution in [1.29, 1.82) is 0 Å². The molecule has 1 atom stereocenters. The van der Waals surface area contributed by atoms with E-state index in [9.17, 15) is 0 Å². The maximum Gasteiger partial charge on any atom is 0.158 e. The zero-order valence-corrected chi connectivity index (χ0v) is 9.39. The molecule has 0 aromatic rings. The Labute approximate surface area is 95.7 Å². The molecule has 0 aromatic heterocycles. The third-order valence-corrected chi connectivity index (χ3v) is 2.23. The molecule has 0 amide bonds. The van der Waals surface area contributed by atoms with E-state index in [1.165, 1.54) is 6.42 Å². The minimum Gasteiger partial charge on any atom is -0.353 e. The van der Waals surface area contributed by atoms with Gasteiger partial charge in [0.05, 0.1) is 0 Å². The van der Waals surface area contributed by atoms with E-state index in [0.717, 1.165) is 32.3 Å². The Morgan fingerprint density at radius 3 is 3.12 bits per heavy atom. The molecule has 16 heavy (non-hydrogen) atoms. The molecule has 1 aliphatic heterocycles. The fraction of sp³-hybridized carbons (Fsp3) is 0.818. The summed E-state index contributed by atoms with van der Waals surface area (Å²) in [4.78, 5) is 2.67. The highest BCUT2D eigenvalue weighted by molar-refractivity contribution is 4.99. The van der Waals surface area contributed by atoms with Crippen LogP contribution in [0, 0.1) is 11.8 Å². The number of unbranched alkanes of at least 4 members (excludes halogenated alkanes) is 1. The first-order chi connectivity index (χ1) is 7.93. The number of nitrogens with zero attached hydrogens (tertiary/aromatic N) is 3. The molecule has 0 radical (unpaired) electrons. The molecular formula is C11H17N3O2. The fourth-order valence-electron chi connectivity index (χ4n) is 1.40. The monoisotopic (exact) mass is 223 g/mol. The van der Waals surface area contributed by atoms with Crippen molar-refractivity contribution in [3.05, 3.63) is 10.4 Å². The van der Waals surface area contributed by atoms with Crippen LogP contribution in [0.4, 0.5) is 0 Å². The summed E-state index contributed by atoms with van der Waals surface area (Å²) in [6.07, 6.45) is 4.75. The average Bonchev–Trinajstić information content (AvgIpc) is 2.34. The Morgan fingerprint density at radius 1 is 1.44 bits per heavy atom. The molecule has 1 fully saturated rings. The quantitative estimate of drug-likeness (QED) is 0.236. The average molecular weight is 223 g/mol. The zero-order valence-electron chi connectivity index (χ0n) is 9.39. The summed E-state index contributed by atoms with van der Waals surface area (Å²) in [5.74, 6) is 5.89. The summed E-state index contributed by atoms with van der Waals surface area (Å²) in [6, 6.07) is 0. The summed E-state index contributed by atoms with van der Waals surface area (Å²) in [5, 5.41) is 3.42. The molecule has 1 unspecified atom stereocenters. The molecule has 1 saturated heterocycles. The molecule has 0 spiro atoms. The Hall–Kier alpha value is -1.21. The molecule has 88 valence electrons. The van der Waals surface area contributed by atoms with Gasteiger partial charge in [0.1, 0.15) is 6.61 Å². The van der Waals surface area contributed by atoms with Crippen LogP contribution in [-0.2, 0) is 9.47 Å². The standard InChI is InChI=1S/C11H17N3O2/c12-14-13-8-4-1-2-5-9-15-11-7-3-6-10-16-11/h11H,1,3-4,6-10H2. The van der Waals surface area contributed by atoms with Crippen LogP contribution in [0.2, 0.25) is 0 Å².